The number of sulfone groups is 1. The Bertz CT molecular complexity index is 970. The highest BCUT2D eigenvalue weighted by molar-refractivity contribution is 7.90. The summed E-state index contributed by atoms with van der Waals surface area (Å²) in [5.41, 5.74) is -1.46. The third-order valence-corrected chi connectivity index (χ3v) is 3.85. The van der Waals surface area contributed by atoms with Gasteiger partial charge in [0.25, 0.3) is 5.56 Å². The Hall–Kier alpha value is -2.41. The molecule has 0 bridgehead atoms. The number of aryl methyl sites for hydroxylation is 1. The van der Waals surface area contributed by atoms with Crippen molar-refractivity contribution in [3.63, 3.8) is 0 Å². The fourth-order valence-electron chi connectivity index (χ4n) is 1.93. The fraction of sp³-hybridized carbons (Fsp3) is 0.400. The maximum atomic E-state index is 12.1. The second-order valence-electron chi connectivity index (χ2n) is 4.29. The molecule has 106 valence electrons. The lowest BCUT2D eigenvalue weighted by Crippen LogP contribution is -2.37. The van der Waals surface area contributed by atoms with Crippen LogP contribution in [0.4, 0.5) is 0 Å². The molecule has 0 spiro atoms. The van der Waals surface area contributed by atoms with Gasteiger partial charge in [-0.15, -0.1) is 0 Å². The molecule has 0 aliphatic carbocycles. The molecule has 0 aromatic carbocycles. The normalized spacial score (nSPS) is 11.7. The first-order chi connectivity index (χ1) is 9.20. The van der Waals surface area contributed by atoms with Crippen molar-refractivity contribution >= 4 is 21.0 Å². The van der Waals surface area contributed by atoms with E-state index >= 15 is 0 Å². The highest BCUT2D eigenvalue weighted by Crippen LogP contribution is 2.15. The van der Waals surface area contributed by atoms with Crippen molar-refractivity contribution in [3.05, 3.63) is 20.8 Å². The number of nitriles is 1. The molecule has 0 atom stereocenters. The van der Waals surface area contributed by atoms with Crippen LogP contribution in [-0.2, 0) is 30.5 Å². The van der Waals surface area contributed by atoms with Crippen LogP contribution in [0.1, 0.15) is 0 Å². The lowest BCUT2D eigenvalue weighted by atomic mass is 10.5. The summed E-state index contributed by atoms with van der Waals surface area (Å²) in [7, 11) is -1.09. The predicted molar refractivity (Wildman–Crippen MR) is 68.9 cm³/mol. The molecule has 10 heteroatoms. The maximum absolute atomic E-state index is 12.1. The molecule has 2 aromatic heterocycles. The van der Waals surface area contributed by atoms with Gasteiger partial charge in [-0.25, -0.2) is 13.2 Å². The molecule has 0 amide bonds. The van der Waals surface area contributed by atoms with E-state index in [4.69, 9.17) is 5.26 Å². The van der Waals surface area contributed by atoms with E-state index in [9.17, 15) is 18.0 Å². The molecule has 0 fully saturated rings. The molecule has 0 radical (unpaired) electrons. The van der Waals surface area contributed by atoms with E-state index in [1.165, 1.54) is 14.1 Å². The Morgan fingerprint density at radius 2 is 1.85 bits per heavy atom. The van der Waals surface area contributed by atoms with Crippen molar-refractivity contribution in [3.8, 4) is 6.07 Å². The van der Waals surface area contributed by atoms with E-state index in [1.54, 1.807) is 6.07 Å². The number of rotatable bonds is 2. The zero-order valence-corrected chi connectivity index (χ0v) is 11.8. The van der Waals surface area contributed by atoms with E-state index in [2.05, 4.69) is 4.98 Å². The summed E-state index contributed by atoms with van der Waals surface area (Å²) in [6.45, 7) is -0.355. The van der Waals surface area contributed by atoms with E-state index in [0.717, 1.165) is 20.0 Å². The van der Waals surface area contributed by atoms with Crippen LogP contribution in [0.2, 0.25) is 0 Å². The fourth-order valence-corrected chi connectivity index (χ4v) is 2.74. The van der Waals surface area contributed by atoms with Crippen molar-refractivity contribution in [1.82, 2.24) is 18.7 Å². The monoisotopic (exact) mass is 297 g/mol. The molecule has 0 N–H and O–H groups in total. The quantitative estimate of drug-likeness (QED) is 0.655. The Morgan fingerprint density at radius 1 is 1.25 bits per heavy atom. The zero-order chi connectivity index (χ0) is 15.2. The molecule has 2 rings (SSSR count). The van der Waals surface area contributed by atoms with Gasteiger partial charge in [-0.05, 0) is 0 Å². The third kappa shape index (κ3) is 1.83. The zero-order valence-electron chi connectivity index (χ0n) is 11.0. The van der Waals surface area contributed by atoms with Crippen LogP contribution in [0, 0.1) is 11.3 Å². The molecular formula is C10H11N5O4S. The van der Waals surface area contributed by atoms with Crippen molar-refractivity contribution in [2.75, 3.05) is 6.26 Å². The number of fused-ring (bicyclic) bond motifs is 1. The van der Waals surface area contributed by atoms with Crippen LogP contribution in [0.25, 0.3) is 11.2 Å². The summed E-state index contributed by atoms with van der Waals surface area (Å²) < 4.78 is 26.3. The first kappa shape index (κ1) is 14.0. The Morgan fingerprint density at radius 3 is 2.35 bits per heavy atom. The van der Waals surface area contributed by atoms with Gasteiger partial charge in [0.15, 0.2) is 11.2 Å². The average molecular weight is 297 g/mol. The van der Waals surface area contributed by atoms with Crippen LogP contribution in [-0.4, -0.2) is 33.4 Å². The summed E-state index contributed by atoms with van der Waals surface area (Å²) in [6.07, 6.45) is 0.921. The number of hydrogen-bond acceptors (Lipinski definition) is 6. The predicted octanol–water partition coefficient (Wildman–Crippen LogP) is -1.64. The molecule has 0 aliphatic rings. The largest absolute Gasteiger partial charge is 0.332 e. The topological polar surface area (TPSA) is 120 Å². The molecule has 0 saturated heterocycles. The van der Waals surface area contributed by atoms with Crippen molar-refractivity contribution < 1.29 is 8.42 Å². The summed E-state index contributed by atoms with van der Waals surface area (Å²) in [5.74, 6) is 0. The minimum Gasteiger partial charge on any atom is -0.295 e. The summed E-state index contributed by atoms with van der Waals surface area (Å²) >= 11 is 0. The van der Waals surface area contributed by atoms with Crippen molar-refractivity contribution in [2.45, 2.75) is 11.7 Å². The lowest BCUT2D eigenvalue weighted by Gasteiger charge is -2.04. The third-order valence-electron chi connectivity index (χ3n) is 2.87. The van der Waals surface area contributed by atoms with Gasteiger partial charge in [0.1, 0.15) is 6.54 Å². The number of nitrogens with zero attached hydrogens (tertiary/aromatic N) is 5. The highest BCUT2D eigenvalue weighted by Gasteiger charge is 2.24. The van der Waals surface area contributed by atoms with Gasteiger partial charge in [-0.3, -0.25) is 18.5 Å². The van der Waals surface area contributed by atoms with E-state index in [1.807, 2.05) is 0 Å². The van der Waals surface area contributed by atoms with Gasteiger partial charge in [-0.1, -0.05) is 0 Å². The number of imidazole rings is 1. The molecule has 2 aromatic rings. The van der Waals surface area contributed by atoms with Crippen molar-refractivity contribution in [2.24, 2.45) is 14.1 Å². The Balaban J connectivity index is 3.17. The average Bonchev–Trinajstić information content (AvgIpc) is 2.74. The molecular weight excluding hydrogens is 286 g/mol. The molecule has 2 heterocycles. The Kier molecular flexibility index (Phi) is 3.02. The first-order valence-electron chi connectivity index (χ1n) is 5.43. The minimum atomic E-state index is -3.74. The smallest absolute Gasteiger partial charge is 0.295 e. The van der Waals surface area contributed by atoms with Crippen LogP contribution in [0.15, 0.2) is 14.7 Å². The van der Waals surface area contributed by atoms with Gasteiger partial charge < -0.3 is 0 Å². The van der Waals surface area contributed by atoms with Crippen LogP contribution in [0.5, 0.6) is 0 Å². The second-order valence-corrected chi connectivity index (χ2v) is 6.20. The van der Waals surface area contributed by atoms with Crippen LogP contribution < -0.4 is 11.2 Å². The first-order valence-corrected chi connectivity index (χ1v) is 7.32. The summed E-state index contributed by atoms with van der Waals surface area (Å²) in [4.78, 5) is 27.8. The molecule has 0 unspecified atom stereocenters. The van der Waals surface area contributed by atoms with Gasteiger partial charge >= 0.3 is 5.69 Å². The van der Waals surface area contributed by atoms with E-state index in [0.29, 0.717) is 0 Å². The van der Waals surface area contributed by atoms with Gasteiger partial charge in [-0.2, -0.15) is 10.2 Å². The standard InChI is InChI=1S/C10H11N5O4S/c1-13-7-6(8(16)14(2)10(13)17)15(5-4-11)9(12-7)20(3,18)19/h5H2,1-3H3. The minimum absolute atomic E-state index is 0.0613. The highest BCUT2D eigenvalue weighted by atomic mass is 32.2. The van der Waals surface area contributed by atoms with Crippen LogP contribution >= 0.6 is 0 Å². The second kappa shape index (κ2) is 4.31. The maximum Gasteiger partial charge on any atom is 0.332 e. The Labute approximate surface area is 113 Å². The van der Waals surface area contributed by atoms with Crippen molar-refractivity contribution in [1.29, 1.82) is 5.26 Å². The lowest BCUT2D eigenvalue weighted by molar-refractivity contribution is 0.583. The summed E-state index contributed by atoms with van der Waals surface area (Å²) in [6, 6.07) is 1.78. The van der Waals surface area contributed by atoms with E-state index < -0.39 is 26.2 Å². The number of hydrogen-bond donors (Lipinski definition) is 0. The number of aromatic nitrogens is 4. The van der Waals surface area contributed by atoms with E-state index in [-0.39, 0.29) is 17.7 Å². The molecule has 0 saturated carbocycles. The van der Waals surface area contributed by atoms with Gasteiger partial charge in [0.05, 0.1) is 6.07 Å². The molecule has 20 heavy (non-hydrogen) atoms. The van der Waals surface area contributed by atoms with Gasteiger partial charge in [0.2, 0.25) is 15.0 Å². The molecule has 9 nitrogen and oxygen atoms in total. The summed E-state index contributed by atoms with van der Waals surface area (Å²) in [5, 5.41) is 8.39. The van der Waals surface area contributed by atoms with Crippen LogP contribution in [0.3, 0.4) is 0 Å². The van der Waals surface area contributed by atoms with Gasteiger partial charge in [0, 0.05) is 20.4 Å². The molecule has 0 aliphatic heterocycles. The SMILES string of the molecule is Cn1c(=O)c2c(nc(S(C)(=O)=O)n2CC#N)n(C)c1=O.